The minimum absolute atomic E-state index is 0. The average molecular weight is 502 g/mol. The van der Waals surface area contributed by atoms with Crippen LogP contribution in [0.3, 0.4) is 0 Å². The Morgan fingerprint density at radius 1 is 1.14 bits per heavy atom. The summed E-state index contributed by atoms with van der Waals surface area (Å²) in [7, 11) is 1.75. The average Bonchev–Trinajstić information content (AvgIpc) is 3.42. The predicted molar refractivity (Wildman–Crippen MR) is 125 cm³/mol. The fraction of sp³-hybridized carbons (Fsp3) is 0.190. The number of hydrogen-bond donors (Lipinski definition) is 3. The van der Waals surface area contributed by atoms with Crippen molar-refractivity contribution in [2.24, 2.45) is 4.99 Å². The van der Waals surface area contributed by atoms with Crippen LogP contribution in [0.25, 0.3) is 22.4 Å². The van der Waals surface area contributed by atoms with Crippen LogP contribution < -0.4 is 10.6 Å². The summed E-state index contributed by atoms with van der Waals surface area (Å²) in [5, 5.41) is 16.2. The second-order valence-electron chi connectivity index (χ2n) is 6.48. The van der Waals surface area contributed by atoms with Crippen molar-refractivity contribution >= 4 is 40.7 Å². The first-order chi connectivity index (χ1) is 13.7. The van der Waals surface area contributed by atoms with E-state index in [-0.39, 0.29) is 30.0 Å². The largest absolute Gasteiger partial charge is 0.461 e. The van der Waals surface area contributed by atoms with Crippen molar-refractivity contribution in [3.8, 4) is 11.6 Å². The normalized spacial score (nSPS) is 12.4. The highest BCUT2D eigenvalue weighted by Crippen LogP contribution is 2.20. The van der Waals surface area contributed by atoms with E-state index in [0.717, 1.165) is 0 Å². The molecule has 0 saturated heterocycles. The smallest absolute Gasteiger partial charge is 0.216 e. The molecule has 8 heteroatoms. The lowest BCUT2D eigenvalue weighted by atomic mass is 10.0. The number of aromatic nitrogens is 3. The molecule has 1 atom stereocenters. The number of furan rings is 1. The number of aromatic amines is 1. The van der Waals surface area contributed by atoms with Gasteiger partial charge in [0.2, 0.25) is 5.82 Å². The highest BCUT2D eigenvalue weighted by Gasteiger charge is 2.11. The summed E-state index contributed by atoms with van der Waals surface area (Å²) in [6.45, 7) is 2.58. The first-order valence-electron chi connectivity index (χ1n) is 9.14. The zero-order valence-corrected chi connectivity index (χ0v) is 18.5. The molecular formula is C21H23IN6O. The van der Waals surface area contributed by atoms with Gasteiger partial charge < -0.3 is 15.1 Å². The number of hydrogen-bond acceptors (Lipinski definition) is 4. The molecule has 150 valence electrons. The van der Waals surface area contributed by atoms with Gasteiger partial charge in [-0.2, -0.15) is 0 Å². The third-order valence-corrected chi connectivity index (χ3v) is 4.55. The predicted octanol–water partition coefficient (Wildman–Crippen LogP) is 4.26. The van der Waals surface area contributed by atoms with E-state index < -0.39 is 0 Å². The van der Waals surface area contributed by atoms with Crippen molar-refractivity contribution < 1.29 is 4.42 Å². The number of fused-ring (bicyclic) bond motifs is 1. The van der Waals surface area contributed by atoms with Gasteiger partial charge in [0.25, 0.3) is 0 Å². The van der Waals surface area contributed by atoms with Gasteiger partial charge in [0, 0.05) is 7.05 Å². The Morgan fingerprint density at radius 3 is 2.72 bits per heavy atom. The maximum Gasteiger partial charge on any atom is 0.216 e. The molecule has 0 radical (unpaired) electrons. The van der Waals surface area contributed by atoms with Crippen LogP contribution >= 0.6 is 24.0 Å². The number of halogens is 1. The van der Waals surface area contributed by atoms with Gasteiger partial charge in [-0.1, -0.05) is 36.4 Å². The lowest BCUT2D eigenvalue weighted by Crippen LogP contribution is -2.38. The Hall–Kier alpha value is -2.88. The SMILES string of the molecule is CN=C(NCc1nc(-c2ccco2)n[nH]1)NC(C)c1ccc2ccccc2c1.I. The van der Waals surface area contributed by atoms with Crippen molar-refractivity contribution in [3.05, 3.63) is 72.2 Å². The third kappa shape index (κ3) is 4.94. The second-order valence-corrected chi connectivity index (χ2v) is 6.48. The number of nitrogens with one attached hydrogen (secondary N) is 3. The van der Waals surface area contributed by atoms with Crippen LogP contribution in [-0.2, 0) is 6.54 Å². The molecule has 3 N–H and O–H groups in total. The molecule has 0 aliphatic carbocycles. The fourth-order valence-electron chi connectivity index (χ4n) is 3.02. The molecule has 0 fully saturated rings. The Kier molecular flexibility index (Phi) is 6.86. The summed E-state index contributed by atoms with van der Waals surface area (Å²) in [5.74, 6) is 2.56. The molecule has 29 heavy (non-hydrogen) atoms. The van der Waals surface area contributed by atoms with Gasteiger partial charge >= 0.3 is 0 Å². The standard InChI is InChI=1S/C21H22N6O.HI/c1-14(16-10-9-15-6-3-4-7-17(15)12-16)24-21(22-2)23-13-19-25-20(27-26-19)18-8-5-11-28-18;/h3-12,14H,13H2,1-2H3,(H2,22,23,24)(H,25,26,27);1H. The third-order valence-electron chi connectivity index (χ3n) is 4.55. The molecule has 0 amide bonds. The number of guanidine groups is 1. The molecule has 2 aromatic heterocycles. The van der Waals surface area contributed by atoms with E-state index in [2.05, 4.69) is 80.2 Å². The van der Waals surface area contributed by atoms with Gasteiger partial charge in [-0.3, -0.25) is 10.1 Å². The van der Waals surface area contributed by atoms with Gasteiger partial charge in [0.05, 0.1) is 18.8 Å². The van der Waals surface area contributed by atoms with Crippen molar-refractivity contribution in [1.82, 2.24) is 25.8 Å². The van der Waals surface area contributed by atoms with E-state index in [0.29, 0.717) is 29.9 Å². The molecule has 0 spiro atoms. The van der Waals surface area contributed by atoms with Gasteiger partial charge in [0.1, 0.15) is 5.82 Å². The topological polar surface area (TPSA) is 91.1 Å². The highest BCUT2D eigenvalue weighted by atomic mass is 127. The van der Waals surface area contributed by atoms with Crippen molar-refractivity contribution in [2.75, 3.05) is 7.05 Å². The Bertz CT molecular complexity index is 1090. The maximum absolute atomic E-state index is 5.31. The van der Waals surface area contributed by atoms with Crippen molar-refractivity contribution in [3.63, 3.8) is 0 Å². The lowest BCUT2D eigenvalue weighted by molar-refractivity contribution is 0.577. The van der Waals surface area contributed by atoms with E-state index >= 15 is 0 Å². The molecule has 1 unspecified atom stereocenters. The summed E-state index contributed by atoms with van der Waals surface area (Å²) in [6.07, 6.45) is 1.60. The van der Waals surface area contributed by atoms with E-state index in [1.165, 1.54) is 16.3 Å². The van der Waals surface area contributed by atoms with Crippen LogP contribution in [0, 0.1) is 0 Å². The summed E-state index contributed by atoms with van der Waals surface area (Å²) >= 11 is 0. The molecule has 0 saturated carbocycles. The van der Waals surface area contributed by atoms with Crippen LogP contribution in [0.2, 0.25) is 0 Å². The summed E-state index contributed by atoms with van der Waals surface area (Å²) in [5.41, 5.74) is 1.20. The number of rotatable bonds is 5. The van der Waals surface area contributed by atoms with Crippen molar-refractivity contribution in [1.29, 1.82) is 0 Å². The fourth-order valence-corrected chi connectivity index (χ4v) is 3.02. The minimum Gasteiger partial charge on any atom is -0.461 e. The molecular weight excluding hydrogens is 479 g/mol. The number of H-pyrrole nitrogens is 1. The number of benzene rings is 2. The minimum atomic E-state index is 0. The Morgan fingerprint density at radius 2 is 1.97 bits per heavy atom. The molecule has 4 aromatic rings. The second kappa shape index (κ2) is 9.55. The monoisotopic (exact) mass is 502 g/mol. The molecule has 7 nitrogen and oxygen atoms in total. The van der Waals surface area contributed by atoms with Crippen LogP contribution in [0.15, 0.2) is 70.3 Å². The van der Waals surface area contributed by atoms with Gasteiger partial charge in [0.15, 0.2) is 11.7 Å². The van der Waals surface area contributed by atoms with Gasteiger partial charge in [-0.15, -0.1) is 29.1 Å². The van der Waals surface area contributed by atoms with Gasteiger partial charge in [-0.25, -0.2) is 4.98 Å². The van der Waals surface area contributed by atoms with Crippen LogP contribution in [0.4, 0.5) is 0 Å². The van der Waals surface area contributed by atoms with Crippen LogP contribution in [0.5, 0.6) is 0 Å². The molecule has 0 bridgehead atoms. The number of aliphatic imine (C=N–C) groups is 1. The molecule has 2 heterocycles. The molecule has 4 rings (SSSR count). The van der Waals surface area contributed by atoms with E-state index in [1.807, 2.05) is 12.1 Å². The molecule has 2 aromatic carbocycles. The Balaban J connectivity index is 0.00000240. The summed E-state index contributed by atoms with van der Waals surface area (Å²) in [4.78, 5) is 8.73. The first-order valence-corrected chi connectivity index (χ1v) is 9.14. The van der Waals surface area contributed by atoms with Gasteiger partial charge in [-0.05, 0) is 41.5 Å². The van der Waals surface area contributed by atoms with Crippen LogP contribution in [-0.4, -0.2) is 28.2 Å². The van der Waals surface area contributed by atoms with E-state index in [9.17, 15) is 0 Å². The van der Waals surface area contributed by atoms with Crippen LogP contribution in [0.1, 0.15) is 24.4 Å². The number of nitrogens with zero attached hydrogens (tertiary/aromatic N) is 3. The zero-order valence-electron chi connectivity index (χ0n) is 16.2. The molecule has 0 aliphatic heterocycles. The quantitative estimate of drug-likeness (QED) is 0.216. The Labute approximate surface area is 186 Å². The van der Waals surface area contributed by atoms with Crippen molar-refractivity contribution in [2.45, 2.75) is 19.5 Å². The summed E-state index contributed by atoms with van der Waals surface area (Å²) < 4.78 is 5.31. The first kappa shape index (κ1) is 20.8. The maximum atomic E-state index is 5.31. The highest BCUT2D eigenvalue weighted by molar-refractivity contribution is 14.0. The zero-order chi connectivity index (χ0) is 19.3. The lowest BCUT2D eigenvalue weighted by Gasteiger charge is -2.18. The van der Waals surface area contributed by atoms with E-state index in [4.69, 9.17) is 4.42 Å². The molecule has 0 aliphatic rings. The van der Waals surface area contributed by atoms with E-state index in [1.54, 1.807) is 13.3 Å². The summed E-state index contributed by atoms with van der Waals surface area (Å²) in [6, 6.07) is 18.6.